The number of rotatable bonds is 4. The molecule has 0 radical (unpaired) electrons. The second-order valence-electron chi connectivity index (χ2n) is 6.33. The number of benzene rings is 1. The van der Waals surface area contributed by atoms with Gasteiger partial charge in [-0.25, -0.2) is 0 Å². The van der Waals surface area contributed by atoms with E-state index in [1.807, 2.05) is 24.3 Å². The zero-order valence-corrected chi connectivity index (χ0v) is 15.0. The number of carbonyl (C=O) groups is 1. The Hall–Kier alpha value is -0.910. The molecule has 1 aromatic carbocycles. The molecule has 1 saturated carbocycles. The van der Waals surface area contributed by atoms with Crippen LogP contribution in [0.1, 0.15) is 31.2 Å². The quantitative estimate of drug-likeness (QED) is 0.750. The molecule has 126 valence electrons. The average molecular weight is 382 g/mol. The highest BCUT2D eigenvalue weighted by molar-refractivity contribution is 9.10. The minimum atomic E-state index is -0.113. The van der Waals surface area contributed by atoms with Gasteiger partial charge in [-0.3, -0.25) is 9.69 Å². The molecule has 1 saturated heterocycles. The number of morpholine rings is 1. The second kappa shape index (κ2) is 8.27. The van der Waals surface area contributed by atoms with Gasteiger partial charge in [0.25, 0.3) is 0 Å². The van der Waals surface area contributed by atoms with Crippen molar-refractivity contribution in [1.82, 2.24) is 4.90 Å². The number of esters is 1. The Balaban J connectivity index is 1.57. The fourth-order valence-corrected chi connectivity index (χ4v) is 3.79. The van der Waals surface area contributed by atoms with Crippen molar-refractivity contribution in [3.05, 3.63) is 34.3 Å². The van der Waals surface area contributed by atoms with E-state index in [-0.39, 0.29) is 12.1 Å². The van der Waals surface area contributed by atoms with Crippen LogP contribution in [-0.2, 0) is 20.7 Å². The third kappa shape index (κ3) is 4.78. The Morgan fingerprint density at radius 3 is 2.61 bits per heavy atom. The largest absolute Gasteiger partial charge is 0.460 e. The van der Waals surface area contributed by atoms with E-state index in [0.29, 0.717) is 12.5 Å². The van der Waals surface area contributed by atoms with Crippen LogP contribution in [0.2, 0.25) is 0 Å². The Bertz CT molecular complexity index is 514. The molecule has 2 fully saturated rings. The summed E-state index contributed by atoms with van der Waals surface area (Å²) in [5.41, 5.74) is 0.997. The van der Waals surface area contributed by atoms with Gasteiger partial charge < -0.3 is 9.47 Å². The summed E-state index contributed by atoms with van der Waals surface area (Å²) in [5.74, 6) is -0.113. The molecule has 23 heavy (non-hydrogen) atoms. The van der Waals surface area contributed by atoms with E-state index in [2.05, 4.69) is 20.8 Å². The minimum Gasteiger partial charge on any atom is -0.460 e. The molecule has 0 bridgehead atoms. The summed E-state index contributed by atoms with van der Waals surface area (Å²) in [6.07, 6.45) is 4.86. The average Bonchev–Trinajstić information content (AvgIpc) is 2.58. The van der Waals surface area contributed by atoms with E-state index < -0.39 is 0 Å². The predicted molar refractivity (Wildman–Crippen MR) is 92.4 cm³/mol. The van der Waals surface area contributed by atoms with Gasteiger partial charge in [0.2, 0.25) is 0 Å². The van der Waals surface area contributed by atoms with E-state index >= 15 is 0 Å². The Labute approximate surface area is 146 Å². The first kappa shape index (κ1) is 16.9. The molecule has 1 aliphatic carbocycles. The lowest BCUT2D eigenvalue weighted by molar-refractivity contribution is -0.155. The van der Waals surface area contributed by atoms with Gasteiger partial charge in [-0.15, -0.1) is 0 Å². The third-order valence-electron chi connectivity index (χ3n) is 4.73. The van der Waals surface area contributed by atoms with Crippen LogP contribution >= 0.6 is 15.9 Å². The predicted octanol–water partition coefficient (Wildman–Crippen LogP) is 3.18. The Morgan fingerprint density at radius 1 is 1.17 bits per heavy atom. The van der Waals surface area contributed by atoms with E-state index in [4.69, 9.17) is 9.47 Å². The first-order valence-electron chi connectivity index (χ1n) is 8.48. The van der Waals surface area contributed by atoms with Gasteiger partial charge in [-0.05, 0) is 37.0 Å². The van der Waals surface area contributed by atoms with Crippen LogP contribution in [0.25, 0.3) is 0 Å². The smallest absolute Gasteiger partial charge is 0.310 e. The van der Waals surface area contributed by atoms with E-state index in [0.717, 1.165) is 55.6 Å². The number of ether oxygens (including phenoxy) is 2. The summed E-state index contributed by atoms with van der Waals surface area (Å²) < 4.78 is 12.3. The van der Waals surface area contributed by atoms with Gasteiger partial charge in [0.05, 0.1) is 19.6 Å². The normalized spacial score (nSPS) is 26.0. The van der Waals surface area contributed by atoms with E-state index in [9.17, 15) is 4.79 Å². The summed E-state index contributed by atoms with van der Waals surface area (Å²) in [7, 11) is 0. The van der Waals surface area contributed by atoms with E-state index in [1.165, 1.54) is 6.42 Å². The molecule has 0 N–H and O–H groups in total. The van der Waals surface area contributed by atoms with Crippen molar-refractivity contribution < 1.29 is 14.3 Å². The lowest BCUT2D eigenvalue weighted by atomic mass is 9.91. The number of nitrogens with zero attached hydrogens (tertiary/aromatic N) is 1. The monoisotopic (exact) mass is 381 g/mol. The van der Waals surface area contributed by atoms with Crippen LogP contribution in [0.3, 0.4) is 0 Å². The molecular formula is C18H24BrNO3. The number of carbonyl (C=O) groups excluding carboxylic acids is 1. The summed E-state index contributed by atoms with van der Waals surface area (Å²) >= 11 is 3.41. The highest BCUT2D eigenvalue weighted by Gasteiger charge is 2.33. The first-order chi connectivity index (χ1) is 11.2. The van der Waals surface area contributed by atoms with Crippen molar-refractivity contribution in [3.63, 3.8) is 0 Å². The molecule has 2 aliphatic rings. The van der Waals surface area contributed by atoms with Crippen LogP contribution < -0.4 is 0 Å². The second-order valence-corrected chi connectivity index (χ2v) is 7.25. The molecule has 3 rings (SSSR count). The zero-order chi connectivity index (χ0) is 16.1. The molecule has 2 unspecified atom stereocenters. The molecule has 0 spiro atoms. The molecule has 1 aliphatic heterocycles. The first-order valence-corrected chi connectivity index (χ1v) is 9.27. The molecule has 0 aromatic heterocycles. The summed E-state index contributed by atoms with van der Waals surface area (Å²) in [6.45, 7) is 3.48. The fourth-order valence-electron chi connectivity index (χ4n) is 3.52. The van der Waals surface area contributed by atoms with Gasteiger partial charge in [0, 0.05) is 23.6 Å². The third-order valence-corrected chi connectivity index (χ3v) is 5.26. The maximum atomic E-state index is 12.3. The number of hydrogen-bond acceptors (Lipinski definition) is 4. The van der Waals surface area contributed by atoms with Crippen molar-refractivity contribution in [3.8, 4) is 0 Å². The van der Waals surface area contributed by atoms with E-state index in [1.54, 1.807) is 0 Å². The van der Waals surface area contributed by atoms with Crippen molar-refractivity contribution in [1.29, 1.82) is 0 Å². The molecule has 4 nitrogen and oxygen atoms in total. The van der Waals surface area contributed by atoms with Crippen LogP contribution in [0, 0.1) is 0 Å². The Morgan fingerprint density at radius 2 is 1.87 bits per heavy atom. The molecular weight excluding hydrogens is 358 g/mol. The zero-order valence-electron chi connectivity index (χ0n) is 13.4. The summed E-state index contributed by atoms with van der Waals surface area (Å²) in [5, 5.41) is 0. The highest BCUT2D eigenvalue weighted by atomic mass is 79.9. The van der Waals surface area contributed by atoms with Crippen molar-refractivity contribution in [2.75, 3.05) is 26.3 Å². The van der Waals surface area contributed by atoms with Gasteiger partial charge in [0.1, 0.15) is 6.10 Å². The molecule has 5 heteroatoms. The van der Waals surface area contributed by atoms with Crippen molar-refractivity contribution in [2.45, 2.75) is 44.2 Å². The highest BCUT2D eigenvalue weighted by Crippen LogP contribution is 2.26. The number of halogens is 1. The molecule has 0 amide bonds. The van der Waals surface area contributed by atoms with Gasteiger partial charge >= 0.3 is 5.97 Å². The van der Waals surface area contributed by atoms with Crippen LogP contribution in [-0.4, -0.2) is 49.3 Å². The van der Waals surface area contributed by atoms with Crippen LogP contribution in [0.15, 0.2) is 28.7 Å². The summed E-state index contributed by atoms with van der Waals surface area (Å²) in [4.78, 5) is 14.8. The minimum absolute atomic E-state index is 0.0322. The van der Waals surface area contributed by atoms with Gasteiger partial charge in [-0.2, -0.15) is 0 Å². The van der Waals surface area contributed by atoms with Crippen LogP contribution in [0.4, 0.5) is 0 Å². The molecule has 1 aromatic rings. The maximum Gasteiger partial charge on any atom is 0.310 e. The van der Waals surface area contributed by atoms with Crippen molar-refractivity contribution in [2.24, 2.45) is 0 Å². The summed E-state index contributed by atoms with van der Waals surface area (Å²) in [6, 6.07) is 8.21. The SMILES string of the molecule is O=C(Cc1ccc(Br)cc1)OC1CCCCC1N1CCOCC1. The topological polar surface area (TPSA) is 38.8 Å². The van der Waals surface area contributed by atoms with Crippen LogP contribution in [0.5, 0.6) is 0 Å². The molecule has 1 heterocycles. The number of hydrogen-bond donors (Lipinski definition) is 0. The van der Waals surface area contributed by atoms with Crippen molar-refractivity contribution >= 4 is 21.9 Å². The van der Waals surface area contributed by atoms with Gasteiger partial charge in [0.15, 0.2) is 0 Å². The lowest BCUT2D eigenvalue weighted by Gasteiger charge is -2.41. The van der Waals surface area contributed by atoms with Gasteiger partial charge in [-0.1, -0.05) is 34.5 Å². The standard InChI is InChI=1S/C18H24BrNO3/c19-15-7-5-14(6-8-15)13-18(21)23-17-4-2-1-3-16(17)20-9-11-22-12-10-20/h5-8,16-17H,1-4,9-13H2. The maximum absolute atomic E-state index is 12.3. The fraction of sp³-hybridized carbons (Fsp3) is 0.611. The Kier molecular flexibility index (Phi) is 6.08. The lowest BCUT2D eigenvalue weighted by Crippen LogP contribution is -2.51. The molecule has 2 atom stereocenters.